The molecular formula is C15H22BrN3O2. The zero-order valence-corrected chi connectivity index (χ0v) is 14.1. The highest BCUT2D eigenvalue weighted by Gasteiger charge is 2.52. The van der Waals surface area contributed by atoms with Crippen molar-refractivity contribution in [3.63, 3.8) is 0 Å². The number of nitrogens with one attached hydrogen (secondary N) is 1. The minimum absolute atomic E-state index is 0.00157. The first-order valence-electron chi connectivity index (χ1n) is 7.55. The minimum Gasteiger partial charge on any atom is -0.372 e. The predicted molar refractivity (Wildman–Crippen MR) is 83.1 cm³/mol. The molecule has 2 fully saturated rings. The summed E-state index contributed by atoms with van der Waals surface area (Å²) in [6, 6.07) is 2.00. The van der Waals surface area contributed by atoms with Gasteiger partial charge in [0.1, 0.15) is 6.10 Å². The second kappa shape index (κ2) is 5.72. The summed E-state index contributed by atoms with van der Waals surface area (Å²) in [7, 11) is 1.93. The Hall–Kier alpha value is -0.880. The summed E-state index contributed by atoms with van der Waals surface area (Å²) >= 11 is 3.58. The first-order valence-corrected chi connectivity index (χ1v) is 8.34. The van der Waals surface area contributed by atoms with Crippen molar-refractivity contribution in [2.75, 3.05) is 13.2 Å². The van der Waals surface area contributed by atoms with Gasteiger partial charge < -0.3 is 10.1 Å². The van der Waals surface area contributed by atoms with Gasteiger partial charge in [-0.25, -0.2) is 0 Å². The number of amides is 1. The van der Waals surface area contributed by atoms with Crippen LogP contribution in [0.5, 0.6) is 0 Å². The van der Waals surface area contributed by atoms with Gasteiger partial charge in [-0.2, -0.15) is 5.10 Å². The molecule has 1 aliphatic carbocycles. The molecule has 21 heavy (non-hydrogen) atoms. The fraction of sp³-hybridized carbons (Fsp3) is 0.733. The molecule has 1 aromatic heterocycles. The van der Waals surface area contributed by atoms with Crippen molar-refractivity contribution < 1.29 is 9.53 Å². The predicted octanol–water partition coefficient (Wildman–Crippen LogP) is 2.18. The Kier molecular flexibility index (Phi) is 4.10. The first kappa shape index (κ1) is 15.0. The normalized spacial score (nSPS) is 35.5. The van der Waals surface area contributed by atoms with Crippen LogP contribution in [0.3, 0.4) is 0 Å². The summed E-state index contributed by atoms with van der Waals surface area (Å²) in [6.45, 7) is 3.52. The Morgan fingerprint density at radius 1 is 1.67 bits per heavy atom. The van der Waals surface area contributed by atoms with Crippen molar-refractivity contribution in [1.29, 1.82) is 0 Å². The molecule has 1 aliphatic heterocycles. The molecule has 0 radical (unpaired) electrons. The number of nitrogens with zero attached hydrogens (tertiary/aromatic N) is 2. The Morgan fingerprint density at radius 3 is 3.05 bits per heavy atom. The van der Waals surface area contributed by atoms with E-state index in [4.69, 9.17) is 4.74 Å². The van der Waals surface area contributed by atoms with Gasteiger partial charge in [0.15, 0.2) is 0 Å². The SMILES string of the molecule is Cn1nccc1[C@@H]1OCCC[C@H]1CNC(=O)C1CC1(C)Br. The number of hydrogen-bond donors (Lipinski definition) is 1. The Bertz CT molecular complexity index is 529. The molecule has 1 saturated heterocycles. The highest BCUT2D eigenvalue weighted by Crippen LogP contribution is 2.50. The lowest BCUT2D eigenvalue weighted by Gasteiger charge is -2.32. The molecule has 0 aromatic carbocycles. The monoisotopic (exact) mass is 355 g/mol. The van der Waals surface area contributed by atoms with Gasteiger partial charge in [-0.15, -0.1) is 0 Å². The molecule has 2 unspecified atom stereocenters. The van der Waals surface area contributed by atoms with E-state index in [0.717, 1.165) is 31.6 Å². The number of ether oxygens (including phenoxy) is 1. The molecular weight excluding hydrogens is 334 g/mol. The zero-order chi connectivity index (χ0) is 15.0. The van der Waals surface area contributed by atoms with Crippen LogP contribution in [0.4, 0.5) is 0 Å². The van der Waals surface area contributed by atoms with Crippen LogP contribution < -0.4 is 5.32 Å². The van der Waals surface area contributed by atoms with Crippen LogP contribution >= 0.6 is 15.9 Å². The van der Waals surface area contributed by atoms with Gasteiger partial charge in [-0.1, -0.05) is 15.9 Å². The molecule has 1 amide bonds. The van der Waals surface area contributed by atoms with Crippen molar-refractivity contribution in [2.24, 2.45) is 18.9 Å². The fourth-order valence-corrected chi connectivity index (χ4v) is 3.64. The van der Waals surface area contributed by atoms with E-state index in [1.807, 2.05) is 17.8 Å². The number of carbonyl (C=O) groups is 1. The molecule has 2 heterocycles. The summed E-state index contributed by atoms with van der Waals surface area (Å²) in [5, 5.41) is 7.32. The Labute approximate surface area is 133 Å². The number of carbonyl (C=O) groups excluding carboxylic acids is 1. The number of hydrogen-bond acceptors (Lipinski definition) is 3. The summed E-state index contributed by atoms with van der Waals surface area (Å²) < 4.78 is 7.81. The molecule has 3 rings (SSSR count). The van der Waals surface area contributed by atoms with Crippen molar-refractivity contribution in [3.8, 4) is 0 Å². The van der Waals surface area contributed by atoms with E-state index in [1.54, 1.807) is 6.20 Å². The lowest BCUT2D eigenvalue weighted by molar-refractivity contribution is -0.123. The van der Waals surface area contributed by atoms with Gasteiger partial charge in [0.2, 0.25) is 5.91 Å². The highest BCUT2D eigenvalue weighted by molar-refractivity contribution is 9.10. The molecule has 0 spiro atoms. The van der Waals surface area contributed by atoms with Crippen molar-refractivity contribution >= 4 is 21.8 Å². The summed E-state index contributed by atoms with van der Waals surface area (Å²) in [6.07, 6.45) is 4.87. The van der Waals surface area contributed by atoms with Crippen LogP contribution in [0, 0.1) is 11.8 Å². The van der Waals surface area contributed by atoms with Crippen LogP contribution in [-0.2, 0) is 16.6 Å². The third-order valence-corrected chi connectivity index (χ3v) is 5.50. The molecule has 1 saturated carbocycles. The third-order valence-electron chi connectivity index (χ3n) is 4.62. The molecule has 116 valence electrons. The summed E-state index contributed by atoms with van der Waals surface area (Å²) in [5.74, 6) is 0.583. The van der Waals surface area contributed by atoms with E-state index in [-0.39, 0.29) is 22.3 Å². The Morgan fingerprint density at radius 2 is 2.43 bits per heavy atom. The van der Waals surface area contributed by atoms with E-state index in [9.17, 15) is 4.79 Å². The second-order valence-electron chi connectivity index (χ2n) is 6.35. The number of aryl methyl sites for hydroxylation is 1. The maximum atomic E-state index is 12.1. The quantitative estimate of drug-likeness (QED) is 0.842. The van der Waals surface area contributed by atoms with Gasteiger partial charge in [0.05, 0.1) is 11.6 Å². The lowest BCUT2D eigenvalue weighted by Crippen LogP contribution is -2.37. The van der Waals surface area contributed by atoms with Crippen LogP contribution in [0.25, 0.3) is 0 Å². The third kappa shape index (κ3) is 3.16. The van der Waals surface area contributed by atoms with E-state index < -0.39 is 0 Å². The van der Waals surface area contributed by atoms with E-state index >= 15 is 0 Å². The van der Waals surface area contributed by atoms with E-state index in [2.05, 4.69) is 33.3 Å². The smallest absolute Gasteiger partial charge is 0.224 e. The molecule has 2 aliphatic rings. The average molecular weight is 356 g/mol. The van der Waals surface area contributed by atoms with Crippen LogP contribution in [0.1, 0.15) is 38.0 Å². The summed E-state index contributed by atoms with van der Waals surface area (Å²) in [4.78, 5) is 12.1. The van der Waals surface area contributed by atoms with Gasteiger partial charge in [0.25, 0.3) is 0 Å². The number of rotatable bonds is 4. The number of aromatic nitrogens is 2. The minimum atomic E-state index is 0.00157. The topological polar surface area (TPSA) is 56.1 Å². The largest absolute Gasteiger partial charge is 0.372 e. The van der Waals surface area contributed by atoms with Gasteiger partial charge in [-0.3, -0.25) is 9.48 Å². The number of alkyl halides is 1. The Balaban J connectivity index is 1.60. The molecule has 5 nitrogen and oxygen atoms in total. The molecule has 4 atom stereocenters. The van der Waals surface area contributed by atoms with Crippen molar-refractivity contribution in [2.45, 2.75) is 36.6 Å². The van der Waals surface area contributed by atoms with Crippen LogP contribution in [0.2, 0.25) is 0 Å². The highest BCUT2D eigenvalue weighted by atomic mass is 79.9. The maximum absolute atomic E-state index is 12.1. The van der Waals surface area contributed by atoms with Crippen molar-refractivity contribution in [1.82, 2.24) is 15.1 Å². The van der Waals surface area contributed by atoms with Crippen molar-refractivity contribution in [3.05, 3.63) is 18.0 Å². The molecule has 6 heteroatoms. The average Bonchev–Trinajstić information content (AvgIpc) is 2.89. The first-order chi connectivity index (χ1) is 9.99. The van der Waals surface area contributed by atoms with Crippen LogP contribution in [-0.4, -0.2) is 33.2 Å². The van der Waals surface area contributed by atoms with E-state index in [1.165, 1.54) is 0 Å². The van der Waals surface area contributed by atoms with Gasteiger partial charge in [0, 0.05) is 36.6 Å². The van der Waals surface area contributed by atoms with Crippen LogP contribution in [0.15, 0.2) is 12.3 Å². The molecule has 1 N–H and O–H groups in total. The summed E-state index contributed by atoms with van der Waals surface area (Å²) in [5.41, 5.74) is 1.09. The fourth-order valence-electron chi connectivity index (χ4n) is 3.10. The zero-order valence-electron chi connectivity index (χ0n) is 12.5. The molecule has 1 aromatic rings. The second-order valence-corrected chi connectivity index (χ2v) is 8.16. The standard InChI is InChI=1S/C15H22BrN3O2/c1-15(16)8-11(15)14(20)17-9-10-4-3-7-21-13(10)12-5-6-18-19(12)2/h5-6,10-11,13H,3-4,7-9H2,1-2H3,(H,17,20)/t10-,11?,13+,15?/m0/s1. The van der Waals surface area contributed by atoms with Gasteiger partial charge >= 0.3 is 0 Å². The lowest BCUT2D eigenvalue weighted by atomic mass is 9.92. The maximum Gasteiger partial charge on any atom is 0.224 e. The van der Waals surface area contributed by atoms with E-state index in [0.29, 0.717) is 12.5 Å². The molecule has 0 bridgehead atoms. The number of halogens is 1. The van der Waals surface area contributed by atoms with Gasteiger partial charge in [-0.05, 0) is 32.3 Å².